The lowest BCUT2D eigenvalue weighted by Crippen LogP contribution is -2.49. The molecule has 0 saturated carbocycles. The zero-order chi connectivity index (χ0) is 25.0. The average Bonchev–Trinajstić information content (AvgIpc) is 3.28. The van der Waals surface area contributed by atoms with Crippen LogP contribution in [0.2, 0.25) is 0 Å². The van der Waals surface area contributed by atoms with Gasteiger partial charge in [-0.15, -0.1) is 0 Å². The van der Waals surface area contributed by atoms with Crippen molar-refractivity contribution < 1.29 is 9.76 Å². The monoisotopic (exact) mass is 460 g/mol. The molecule has 0 amide bonds. The van der Waals surface area contributed by atoms with Crippen LogP contribution >= 0.6 is 0 Å². The summed E-state index contributed by atoms with van der Waals surface area (Å²) in [6.07, 6.45) is 6.39. The third-order valence-corrected chi connectivity index (χ3v) is 8.04. The van der Waals surface area contributed by atoms with E-state index in [0.717, 1.165) is 5.46 Å². The fourth-order valence-corrected chi connectivity index (χ4v) is 5.58. The Morgan fingerprint density at radius 1 is 0.857 bits per heavy atom. The number of hydrogen-bond acceptors (Lipinski definition) is 2. The summed E-state index contributed by atoms with van der Waals surface area (Å²) >= 11 is 0. The van der Waals surface area contributed by atoms with Gasteiger partial charge in [0.1, 0.15) is 0 Å². The van der Waals surface area contributed by atoms with Gasteiger partial charge in [-0.3, -0.25) is 0 Å². The molecular weight excluding hydrogens is 427 g/mol. The molecule has 2 aliphatic rings. The largest absolute Gasteiger partial charge is 0.427 e. The summed E-state index contributed by atoms with van der Waals surface area (Å²) < 4.78 is 6.26. The molecule has 0 fully saturated rings. The normalized spacial score (nSPS) is 18.7. The topological polar surface area (TPSA) is 29.5 Å². The second kappa shape index (κ2) is 8.22. The van der Waals surface area contributed by atoms with Crippen LogP contribution in [0.1, 0.15) is 56.9 Å². The summed E-state index contributed by atoms with van der Waals surface area (Å²) in [6, 6.07) is 24.2. The predicted molar refractivity (Wildman–Crippen MR) is 148 cm³/mol. The lowest BCUT2D eigenvalue weighted by atomic mass is 9.68. The minimum absolute atomic E-state index is 0.402. The maximum Gasteiger partial charge on any atom is 0.309 e. The molecule has 1 atom stereocenters. The van der Waals surface area contributed by atoms with E-state index in [9.17, 15) is 5.11 Å². The van der Waals surface area contributed by atoms with E-state index in [0.29, 0.717) is 7.48 Å². The van der Waals surface area contributed by atoms with E-state index in [-0.39, 0.29) is 0 Å². The number of fused-ring (bicyclic) bond motifs is 7. The Bertz CT molecular complexity index is 1390. The highest BCUT2D eigenvalue weighted by Crippen LogP contribution is 2.61. The molecule has 35 heavy (non-hydrogen) atoms. The molecule has 0 radical (unpaired) electrons. The number of allylic oxidation sites excluding steroid dienone is 5. The maximum absolute atomic E-state index is 10.6. The van der Waals surface area contributed by atoms with Crippen molar-refractivity contribution in [2.45, 2.75) is 51.2 Å². The average molecular weight is 460 g/mol. The Kier molecular flexibility index (Phi) is 5.54. The van der Waals surface area contributed by atoms with Crippen LogP contribution in [0.3, 0.4) is 0 Å². The molecule has 2 nitrogen and oxygen atoms in total. The molecule has 0 aromatic heterocycles. The second-order valence-electron chi connectivity index (χ2n) is 10.6. The number of aliphatic hydroxyl groups is 1. The van der Waals surface area contributed by atoms with Gasteiger partial charge >= 0.3 is 7.48 Å². The van der Waals surface area contributed by atoms with Gasteiger partial charge in [-0.25, -0.2) is 0 Å². The SMILES string of the molecule is C=CC1=C(/C=C\C)C2(c3ccccc31)c1ccccc1-c1ccc(BOC(C)(C)C(C)(C)O)cc12. The van der Waals surface area contributed by atoms with Crippen LogP contribution < -0.4 is 5.46 Å². The molecule has 2 aliphatic carbocycles. The molecule has 0 saturated heterocycles. The van der Waals surface area contributed by atoms with Gasteiger partial charge in [0.25, 0.3) is 0 Å². The van der Waals surface area contributed by atoms with Crippen LogP contribution in [-0.2, 0) is 10.1 Å². The Balaban J connectivity index is 1.76. The van der Waals surface area contributed by atoms with Crippen LogP contribution in [0.15, 0.2) is 97.1 Å². The highest BCUT2D eigenvalue weighted by molar-refractivity contribution is 6.47. The Morgan fingerprint density at radius 3 is 2.09 bits per heavy atom. The van der Waals surface area contributed by atoms with Crippen molar-refractivity contribution in [2.75, 3.05) is 0 Å². The number of hydrogen-bond donors (Lipinski definition) is 1. The van der Waals surface area contributed by atoms with E-state index in [1.165, 1.54) is 44.5 Å². The smallest absolute Gasteiger partial charge is 0.309 e. The zero-order valence-corrected chi connectivity index (χ0v) is 21.4. The van der Waals surface area contributed by atoms with E-state index in [1.54, 1.807) is 13.8 Å². The van der Waals surface area contributed by atoms with E-state index in [4.69, 9.17) is 4.65 Å². The van der Waals surface area contributed by atoms with Crippen molar-refractivity contribution in [3.05, 3.63) is 119 Å². The van der Waals surface area contributed by atoms with Crippen LogP contribution in [-0.4, -0.2) is 23.8 Å². The van der Waals surface area contributed by atoms with Crippen molar-refractivity contribution in [1.82, 2.24) is 0 Å². The van der Waals surface area contributed by atoms with Crippen LogP contribution in [0, 0.1) is 0 Å². The summed E-state index contributed by atoms with van der Waals surface area (Å²) in [5.74, 6) is 0. The van der Waals surface area contributed by atoms with Crippen LogP contribution in [0.25, 0.3) is 16.7 Å². The van der Waals surface area contributed by atoms with Crippen LogP contribution in [0.5, 0.6) is 0 Å². The van der Waals surface area contributed by atoms with Crippen LogP contribution in [0.4, 0.5) is 0 Å². The molecule has 1 N–H and O–H groups in total. The standard InChI is InChI=1S/C32H33BO2/c1-7-13-26-22(8-2)23-14-9-11-16-27(23)32(26)28-17-12-10-15-24(28)25-19-18-21(20-29(25)32)33-35-31(5,6)30(3,4)34/h7-20,33-34H,2H2,1,3-6H3/b13-7-. The van der Waals surface area contributed by atoms with Crippen molar-refractivity contribution >= 4 is 18.5 Å². The van der Waals surface area contributed by atoms with E-state index >= 15 is 0 Å². The first-order valence-electron chi connectivity index (χ1n) is 12.4. The first-order valence-corrected chi connectivity index (χ1v) is 12.4. The predicted octanol–water partition coefficient (Wildman–Crippen LogP) is 6.07. The molecule has 3 aromatic rings. The molecule has 0 bridgehead atoms. The molecule has 176 valence electrons. The first-order chi connectivity index (χ1) is 16.7. The van der Waals surface area contributed by atoms with Gasteiger partial charge in [0, 0.05) is 0 Å². The molecule has 5 rings (SSSR count). The van der Waals surface area contributed by atoms with E-state index in [2.05, 4.69) is 92.4 Å². The van der Waals surface area contributed by atoms with Gasteiger partial charge in [0.15, 0.2) is 0 Å². The third-order valence-electron chi connectivity index (χ3n) is 8.04. The highest BCUT2D eigenvalue weighted by Gasteiger charge is 2.51. The molecule has 1 unspecified atom stereocenters. The van der Waals surface area contributed by atoms with E-state index in [1.807, 2.05) is 19.9 Å². The third kappa shape index (κ3) is 3.33. The van der Waals surface area contributed by atoms with Gasteiger partial charge in [0.2, 0.25) is 0 Å². The summed E-state index contributed by atoms with van der Waals surface area (Å²) in [6.45, 7) is 13.7. The van der Waals surface area contributed by atoms with Gasteiger partial charge in [-0.1, -0.05) is 97.0 Å². The van der Waals surface area contributed by atoms with Crippen molar-refractivity contribution in [2.24, 2.45) is 0 Å². The maximum atomic E-state index is 10.6. The fraction of sp³-hybridized carbons (Fsp3) is 0.250. The molecule has 0 aliphatic heterocycles. The molecule has 0 heterocycles. The van der Waals surface area contributed by atoms with Crippen molar-refractivity contribution in [3.63, 3.8) is 0 Å². The lowest BCUT2D eigenvalue weighted by Gasteiger charge is -2.37. The highest BCUT2D eigenvalue weighted by atomic mass is 16.5. The first kappa shape index (κ1) is 23.6. The van der Waals surface area contributed by atoms with Gasteiger partial charge in [-0.05, 0) is 79.1 Å². The van der Waals surface area contributed by atoms with Gasteiger partial charge < -0.3 is 9.76 Å². The van der Waals surface area contributed by atoms with Crippen molar-refractivity contribution in [1.29, 1.82) is 0 Å². The van der Waals surface area contributed by atoms with E-state index < -0.39 is 16.6 Å². The quantitative estimate of drug-likeness (QED) is 0.452. The Labute approximate surface area is 210 Å². The van der Waals surface area contributed by atoms with Crippen molar-refractivity contribution in [3.8, 4) is 11.1 Å². The summed E-state index contributed by atoms with van der Waals surface area (Å²) in [4.78, 5) is 0. The van der Waals surface area contributed by atoms with Gasteiger partial charge in [-0.2, -0.15) is 0 Å². The molecule has 1 spiro atoms. The number of benzene rings is 3. The summed E-state index contributed by atoms with van der Waals surface area (Å²) in [5.41, 5.74) is 9.15. The van der Waals surface area contributed by atoms with Gasteiger partial charge in [0.05, 0.1) is 16.6 Å². The Morgan fingerprint density at radius 2 is 1.46 bits per heavy atom. The molecule has 3 heteroatoms. The Hall–Kier alpha value is -3.14. The number of rotatable bonds is 6. The minimum Gasteiger partial charge on any atom is -0.427 e. The molecular formula is C32H33BO2. The molecule has 3 aromatic carbocycles. The second-order valence-corrected chi connectivity index (χ2v) is 10.6. The zero-order valence-electron chi connectivity index (χ0n) is 21.4. The summed E-state index contributed by atoms with van der Waals surface area (Å²) in [7, 11) is 0.426. The summed E-state index contributed by atoms with van der Waals surface area (Å²) in [5, 5.41) is 10.6. The lowest BCUT2D eigenvalue weighted by molar-refractivity contribution is -0.0893. The fourth-order valence-electron chi connectivity index (χ4n) is 5.58. The minimum atomic E-state index is -0.952.